The summed E-state index contributed by atoms with van der Waals surface area (Å²) in [6, 6.07) is -0.856. The van der Waals surface area contributed by atoms with Crippen LogP contribution in [0.4, 0.5) is 4.79 Å². The Labute approximate surface area is 85.2 Å². The summed E-state index contributed by atoms with van der Waals surface area (Å²) in [6.45, 7) is 0.480. The highest BCUT2D eigenvalue weighted by Gasteiger charge is 2.22. The molecule has 0 saturated carbocycles. The lowest BCUT2D eigenvalue weighted by Crippen LogP contribution is -2.33. The van der Waals surface area contributed by atoms with E-state index >= 15 is 0 Å². The van der Waals surface area contributed by atoms with Gasteiger partial charge in [0, 0.05) is 11.5 Å². The van der Waals surface area contributed by atoms with Crippen LogP contribution in [0.3, 0.4) is 0 Å². The van der Waals surface area contributed by atoms with Crippen LogP contribution in [0.1, 0.15) is 0 Å². The number of alkyl carbamates (subject to hydrolysis) is 1. The lowest BCUT2D eigenvalue weighted by molar-refractivity contribution is -0.137. The van der Waals surface area contributed by atoms with Crippen LogP contribution in [0.2, 0.25) is 0 Å². The van der Waals surface area contributed by atoms with Gasteiger partial charge in [-0.2, -0.15) is 11.8 Å². The molecule has 0 aromatic rings. The Balaban J connectivity index is 2.09. The minimum atomic E-state index is -1.01. The maximum Gasteiger partial charge on any atom is 0.407 e. The van der Waals surface area contributed by atoms with Crippen LogP contribution in [0.15, 0.2) is 0 Å². The second-order valence-corrected chi connectivity index (χ2v) is 3.97. The van der Waals surface area contributed by atoms with Gasteiger partial charge in [0.15, 0.2) is 0 Å². The van der Waals surface area contributed by atoms with E-state index in [0.717, 1.165) is 0 Å². The molecule has 1 heterocycles. The SMILES string of the molecule is N[C@@H](CSCC1CNC(=O)O1)C(=O)O. The Bertz CT molecular complexity index is 236. The number of hydrogen-bond acceptors (Lipinski definition) is 5. The van der Waals surface area contributed by atoms with Crippen molar-refractivity contribution in [3.8, 4) is 0 Å². The third kappa shape index (κ3) is 3.43. The van der Waals surface area contributed by atoms with Crippen molar-refractivity contribution in [1.29, 1.82) is 0 Å². The number of carboxylic acid groups (broad SMARTS) is 1. The first-order valence-corrected chi connectivity index (χ1v) is 5.25. The van der Waals surface area contributed by atoms with Crippen molar-refractivity contribution in [3.05, 3.63) is 0 Å². The molecule has 1 saturated heterocycles. The third-order valence-electron chi connectivity index (χ3n) is 1.67. The zero-order valence-corrected chi connectivity index (χ0v) is 8.25. The number of rotatable bonds is 5. The van der Waals surface area contributed by atoms with E-state index in [9.17, 15) is 9.59 Å². The van der Waals surface area contributed by atoms with Crippen LogP contribution in [-0.4, -0.2) is 47.4 Å². The molecule has 1 amide bonds. The van der Waals surface area contributed by atoms with Crippen molar-refractivity contribution in [2.45, 2.75) is 12.1 Å². The van der Waals surface area contributed by atoms with E-state index in [2.05, 4.69) is 5.32 Å². The Hall–Kier alpha value is -0.950. The molecular weight excluding hydrogens is 208 g/mol. The molecule has 2 atom stereocenters. The van der Waals surface area contributed by atoms with Crippen LogP contribution in [0.5, 0.6) is 0 Å². The van der Waals surface area contributed by atoms with Gasteiger partial charge >= 0.3 is 12.1 Å². The fourth-order valence-corrected chi connectivity index (χ4v) is 1.90. The van der Waals surface area contributed by atoms with Crippen LogP contribution in [0.25, 0.3) is 0 Å². The zero-order valence-electron chi connectivity index (χ0n) is 7.43. The highest BCUT2D eigenvalue weighted by Crippen LogP contribution is 2.10. The summed E-state index contributed by atoms with van der Waals surface area (Å²) in [5.74, 6) is -0.123. The molecule has 0 radical (unpaired) electrons. The highest BCUT2D eigenvalue weighted by atomic mass is 32.2. The van der Waals surface area contributed by atoms with Gasteiger partial charge in [-0.05, 0) is 0 Å². The van der Waals surface area contributed by atoms with E-state index in [1.54, 1.807) is 0 Å². The highest BCUT2D eigenvalue weighted by molar-refractivity contribution is 7.99. The predicted molar refractivity (Wildman–Crippen MR) is 51.2 cm³/mol. The predicted octanol–water partition coefficient (Wildman–Crippen LogP) is -0.760. The molecule has 0 aliphatic carbocycles. The minimum absolute atomic E-state index is 0.173. The number of amides is 1. The average Bonchev–Trinajstić information content (AvgIpc) is 2.51. The van der Waals surface area contributed by atoms with Crippen LogP contribution < -0.4 is 11.1 Å². The van der Waals surface area contributed by atoms with Gasteiger partial charge in [-0.3, -0.25) is 4.79 Å². The standard InChI is InChI=1S/C7H12N2O4S/c8-5(6(10)11)3-14-2-4-1-9-7(12)13-4/h4-5H,1-3,8H2,(H,9,12)(H,10,11)/t4?,5-/m0/s1. The van der Waals surface area contributed by atoms with Gasteiger partial charge in [-0.15, -0.1) is 0 Å². The van der Waals surface area contributed by atoms with Crippen LogP contribution in [-0.2, 0) is 9.53 Å². The van der Waals surface area contributed by atoms with Crippen molar-refractivity contribution in [2.24, 2.45) is 5.73 Å². The molecule has 0 spiro atoms. The molecule has 6 nitrogen and oxygen atoms in total. The number of hydrogen-bond donors (Lipinski definition) is 3. The number of ether oxygens (including phenoxy) is 1. The zero-order chi connectivity index (χ0) is 10.6. The molecule has 14 heavy (non-hydrogen) atoms. The summed E-state index contributed by atoms with van der Waals surface area (Å²) in [7, 11) is 0. The molecule has 4 N–H and O–H groups in total. The van der Waals surface area contributed by atoms with E-state index in [1.165, 1.54) is 11.8 Å². The molecule has 1 rings (SSSR count). The molecule has 1 fully saturated rings. The fraction of sp³-hybridized carbons (Fsp3) is 0.714. The Morgan fingerprint density at radius 1 is 1.86 bits per heavy atom. The van der Waals surface area contributed by atoms with Crippen molar-refractivity contribution in [2.75, 3.05) is 18.1 Å². The smallest absolute Gasteiger partial charge is 0.407 e. The van der Waals surface area contributed by atoms with Gasteiger partial charge in [-0.25, -0.2) is 4.79 Å². The van der Waals surface area contributed by atoms with Gasteiger partial charge in [0.05, 0.1) is 6.54 Å². The van der Waals surface area contributed by atoms with E-state index in [4.69, 9.17) is 15.6 Å². The number of nitrogens with one attached hydrogen (secondary N) is 1. The van der Waals surface area contributed by atoms with Gasteiger partial charge < -0.3 is 20.9 Å². The molecule has 1 unspecified atom stereocenters. The maximum atomic E-state index is 10.6. The number of carboxylic acids is 1. The first-order valence-electron chi connectivity index (χ1n) is 4.10. The first kappa shape index (κ1) is 11.1. The van der Waals surface area contributed by atoms with Crippen LogP contribution >= 0.6 is 11.8 Å². The number of thioether (sulfide) groups is 1. The van der Waals surface area contributed by atoms with Crippen molar-refractivity contribution in [1.82, 2.24) is 5.32 Å². The third-order valence-corrected chi connectivity index (χ3v) is 2.87. The molecule has 0 bridgehead atoms. The summed E-state index contributed by atoms with van der Waals surface area (Å²) in [6.07, 6.45) is -0.591. The molecular formula is C7H12N2O4S. The lowest BCUT2D eigenvalue weighted by atomic mass is 10.4. The van der Waals surface area contributed by atoms with Gasteiger partial charge in [0.25, 0.3) is 0 Å². The maximum absolute atomic E-state index is 10.6. The molecule has 1 aliphatic rings. The molecule has 0 aromatic heterocycles. The summed E-state index contributed by atoms with van der Waals surface area (Å²) in [4.78, 5) is 20.9. The second-order valence-electron chi connectivity index (χ2n) is 2.89. The Morgan fingerprint density at radius 3 is 3.07 bits per heavy atom. The number of nitrogens with two attached hydrogens (primary N) is 1. The molecule has 0 aromatic carbocycles. The lowest BCUT2D eigenvalue weighted by Gasteiger charge is -2.08. The summed E-state index contributed by atoms with van der Waals surface area (Å²) < 4.78 is 4.84. The average molecular weight is 220 g/mol. The minimum Gasteiger partial charge on any atom is -0.480 e. The quantitative estimate of drug-likeness (QED) is 0.563. The molecule has 1 aliphatic heterocycles. The van der Waals surface area contributed by atoms with Gasteiger partial charge in [0.2, 0.25) is 0 Å². The largest absolute Gasteiger partial charge is 0.480 e. The number of carbonyl (C=O) groups is 2. The van der Waals surface area contributed by atoms with Gasteiger partial charge in [0.1, 0.15) is 12.1 Å². The monoisotopic (exact) mass is 220 g/mol. The van der Waals surface area contributed by atoms with Crippen molar-refractivity contribution in [3.63, 3.8) is 0 Å². The topological polar surface area (TPSA) is 102 Å². The first-order chi connectivity index (χ1) is 6.59. The Morgan fingerprint density at radius 2 is 2.57 bits per heavy atom. The second kappa shape index (κ2) is 5.06. The van der Waals surface area contributed by atoms with Crippen molar-refractivity contribution < 1.29 is 19.4 Å². The van der Waals surface area contributed by atoms with E-state index in [1.807, 2.05) is 0 Å². The van der Waals surface area contributed by atoms with Crippen molar-refractivity contribution >= 4 is 23.8 Å². The number of carbonyl (C=O) groups excluding carboxylic acids is 1. The van der Waals surface area contributed by atoms with E-state index in [-0.39, 0.29) is 6.10 Å². The summed E-state index contributed by atoms with van der Waals surface area (Å²) in [5.41, 5.74) is 5.28. The molecule has 80 valence electrons. The van der Waals surface area contributed by atoms with E-state index in [0.29, 0.717) is 18.1 Å². The summed E-state index contributed by atoms with van der Waals surface area (Å²) >= 11 is 1.37. The van der Waals surface area contributed by atoms with Crippen LogP contribution in [0, 0.1) is 0 Å². The number of aliphatic carboxylic acids is 1. The Kier molecular flexibility index (Phi) is 4.02. The van der Waals surface area contributed by atoms with E-state index < -0.39 is 18.1 Å². The number of cyclic esters (lactones) is 1. The normalized spacial score (nSPS) is 22.6. The molecule has 7 heteroatoms. The fourth-order valence-electron chi connectivity index (χ4n) is 0.923. The summed E-state index contributed by atoms with van der Waals surface area (Å²) in [5, 5.41) is 11.0. The van der Waals surface area contributed by atoms with Gasteiger partial charge in [-0.1, -0.05) is 0 Å².